The van der Waals surface area contributed by atoms with E-state index in [-0.39, 0.29) is 12.4 Å². The van der Waals surface area contributed by atoms with Gasteiger partial charge in [-0.15, -0.1) is 0 Å². The molecule has 0 bridgehead atoms. The smallest absolute Gasteiger partial charge is 0.123 e. The van der Waals surface area contributed by atoms with E-state index in [0.29, 0.717) is 11.3 Å². The zero-order valence-corrected chi connectivity index (χ0v) is 5.47. The van der Waals surface area contributed by atoms with E-state index in [1.54, 1.807) is 0 Å². The minimum atomic E-state index is -0.297. The number of hydrogen-bond acceptors (Lipinski definition) is 2. The van der Waals surface area contributed by atoms with Gasteiger partial charge in [-0.2, -0.15) is 0 Å². The van der Waals surface area contributed by atoms with Crippen LogP contribution in [0.4, 0.5) is 10.1 Å². The predicted molar refractivity (Wildman–Crippen MR) is 38.7 cm³/mol. The van der Waals surface area contributed by atoms with Gasteiger partial charge in [-0.25, -0.2) is 4.39 Å². The van der Waals surface area contributed by atoms with Crippen molar-refractivity contribution in [1.82, 2.24) is 0 Å². The summed E-state index contributed by atoms with van der Waals surface area (Å²) in [5, 5.41) is 0. The zero-order valence-electron chi connectivity index (χ0n) is 5.47. The Bertz CT molecular complexity index is 235. The topological polar surface area (TPSA) is 52.0 Å². The first-order valence-electron chi connectivity index (χ1n) is 2.98. The van der Waals surface area contributed by atoms with E-state index < -0.39 is 0 Å². The Morgan fingerprint density at radius 3 is 2.60 bits per heavy atom. The Kier molecular flexibility index (Phi) is 1.87. The summed E-state index contributed by atoms with van der Waals surface area (Å²) in [6, 6.07) is 4.17. The Balaban J connectivity index is 3.09. The van der Waals surface area contributed by atoms with Gasteiger partial charge in [0.1, 0.15) is 5.82 Å². The Hall–Kier alpha value is -1.09. The van der Waals surface area contributed by atoms with Crippen LogP contribution in [0.5, 0.6) is 0 Å². The summed E-state index contributed by atoms with van der Waals surface area (Å²) in [5.41, 5.74) is 11.9. The second-order valence-electron chi connectivity index (χ2n) is 2.05. The van der Waals surface area contributed by atoms with Gasteiger partial charge in [0.2, 0.25) is 0 Å². The summed E-state index contributed by atoms with van der Waals surface area (Å²) in [7, 11) is 0. The SMILES string of the molecule is NCc1cc(F)ccc1N. The third-order valence-electron chi connectivity index (χ3n) is 1.32. The first-order chi connectivity index (χ1) is 4.74. The summed E-state index contributed by atoms with van der Waals surface area (Å²) in [4.78, 5) is 0. The minimum absolute atomic E-state index is 0.281. The molecule has 54 valence electrons. The van der Waals surface area contributed by atoms with Crippen molar-refractivity contribution in [2.45, 2.75) is 6.54 Å². The molecule has 1 aromatic carbocycles. The Morgan fingerprint density at radius 1 is 1.40 bits per heavy atom. The summed E-state index contributed by atoms with van der Waals surface area (Å²) in [6.45, 7) is 0.281. The third-order valence-corrected chi connectivity index (χ3v) is 1.32. The fourth-order valence-corrected chi connectivity index (χ4v) is 0.751. The molecule has 0 aliphatic rings. The molecular weight excluding hydrogens is 131 g/mol. The van der Waals surface area contributed by atoms with Crippen molar-refractivity contribution in [2.75, 3.05) is 5.73 Å². The quantitative estimate of drug-likeness (QED) is 0.568. The molecule has 0 fully saturated rings. The van der Waals surface area contributed by atoms with Crippen LogP contribution in [0.2, 0.25) is 0 Å². The van der Waals surface area contributed by atoms with Crippen LogP contribution < -0.4 is 11.5 Å². The number of nitrogen functional groups attached to an aromatic ring is 1. The van der Waals surface area contributed by atoms with Crippen molar-refractivity contribution in [3.63, 3.8) is 0 Å². The van der Waals surface area contributed by atoms with E-state index in [2.05, 4.69) is 0 Å². The van der Waals surface area contributed by atoms with Gasteiger partial charge in [-0.1, -0.05) is 0 Å². The Labute approximate surface area is 58.6 Å². The first-order valence-corrected chi connectivity index (χ1v) is 2.98. The van der Waals surface area contributed by atoms with Gasteiger partial charge >= 0.3 is 0 Å². The highest BCUT2D eigenvalue weighted by Gasteiger charge is 1.96. The summed E-state index contributed by atoms with van der Waals surface area (Å²) in [5.74, 6) is -0.297. The van der Waals surface area contributed by atoms with Gasteiger partial charge < -0.3 is 11.5 Å². The monoisotopic (exact) mass is 140 g/mol. The number of halogens is 1. The van der Waals surface area contributed by atoms with Crippen molar-refractivity contribution in [3.05, 3.63) is 29.6 Å². The number of benzene rings is 1. The second kappa shape index (κ2) is 2.66. The number of anilines is 1. The molecule has 0 amide bonds. The van der Waals surface area contributed by atoms with E-state index in [4.69, 9.17) is 11.5 Å². The molecule has 0 aliphatic carbocycles. The predicted octanol–water partition coefficient (Wildman–Crippen LogP) is 0.867. The molecule has 0 spiro atoms. The van der Waals surface area contributed by atoms with Crippen molar-refractivity contribution in [3.8, 4) is 0 Å². The maximum Gasteiger partial charge on any atom is 0.123 e. The molecule has 3 heteroatoms. The molecular formula is C7H9FN2. The molecule has 0 radical (unpaired) electrons. The molecule has 1 rings (SSSR count). The van der Waals surface area contributed by atoms with E-state index >= 15 is 0 Å². The molecule has 0 saturated heterocycles. The standard InChI is InChI=1S/C7H9FN2/c8-6-1-2-7(10)5(3-6)4-9/h1-3H,4,9-10H2. The van der Waals surface area contributed by atoms with E-state index in [0.717, 1.165) is 0 Å². The average Bonchev–Trinajstić information content (AvgIpc) is 1.94. The van der Waals surface area contributed by atoms with Crippen LogP contribution in [0.25, 0.3) is 0 Å². The lowest BCUT2D eigenvalue weighted by Crippen LogP contribution is -2.01. The normalized spacial score (nSPS) is 9.80. The van der Waals surface area contributed by atoms with Gasteiger partial charge in [0.15, 0.2) is 0 Å². The van der Waals surface area contributed by atoms with Crippen LogP contribution in [0.3, 0.4) is 0 Å². The molecule has 10 heavy (non-hydrogen) atoms. The van der Waals surface area contributed by atoms with Crippen LogP contribution in [0, 0.1) is 5.82 Å². The number of nitrogens with two attached hydrogens (primary N) is 2. The molecule has 0 atom stereocenters. The molecule has 2 nitrogen and oxygen atoms in total. The van der Waals surface area contributed by atoms with Crippen molar-refractivity contribution < 1.29 is 4.39 Å². The van der Waals surface area contributed by atoms with Gasteiger partial charge in [-0.3, -0.25) is 0 Å². The molecule has 0 heterocycles. The van der Waals surface area contributed by atoms with Gasteiger partial charge in [0.05, 0.1) is 0 Å². The van der Waals surface area contributed by atoms with Crippen LogP contribution in [-0.2, 0) is 6.54 Å². The molecule has 0 saturated carbocycles. The van der Waals surface area contributed by atoms with Crippen LogP contribution in [-0.4, -0.2) is 0 Å². The number of rotatable bonds is 1. The summed E-state index contributed by atoms with van der Waals surface area (Å²) >= 11 is 0. The minimum Gasteiger partial charge on any atom is -0.398 e. The lowest BCUT2D eigenvalue weighted by molar-refractivity contribution is 0.626. The first kappa shape index (κ1) is 7.02. The zero-order chi connectivity index (χ0) is 7.56. The fraction of sp³-hybridized carbons (Fsp3) is 0.143. The molecule has 4 N–H and O–H groups in total. The summed E-state index contributed by atoms with van der Waals surface area (Å²) in [6.07, 6.45) is 0. The maximum atomic E-state index is 12.4. The lowest BCUT2D eigenvalue weighted by Gasteiger charge is -2.00. The highest BCUT2D eigenvalue weighted by atomic mass is 19.1. The van der Waals surface area contributed by atoms with E-state index in [9.17, 15) is 4.39 Å². The molecule has 1 aromatic rings. The molecule has 0 unspecified atom stereocenters. The third kappa shape index (κ3) is 1.25. The molecule has 0 aliphatic heterocycles. The van der Waals surface area contributed by atoms with Crippen LogP contribution in [0.15, 0.2) is 18.2 Å². The Morgan fingerprint density at radius 2 is 2.10 bits per heavy atom. The highest BCUT2D eigenvalue weighted by molar-refractivity contribution is 5.46. The average molecular weight is 140 g/mol. The lowest BCUT2D eigenvalue weighted by atomic mass is 10.2. The summed E-state index contributed by atoms with van der Waals surface area (Å²) < 4.78 is 12.4. The maximum absolute atomic E-state index is 12.4. The molecule has 0 aromatic heterocycles. The van der Waals surface area contributed by atoms with E-state index in [1.165, 1.54) is 18.2 Å². The van der Waals surface area contributed by atoms with Crippen LogP contribution >= 0.6 is 0 Å². The fourth-order valence-electron chi connectivity index (χ4n) is 0.751. The second-order valence-corrected chi connectivity index (χ2v) is 2.05. The van der Waals surface area contributed by atoms with Crippen molar-refractivity contribution >= 4 is 5.69 Å². The highest BCUT2D eigenvalue weighted by Crippen LogP contribution is 2.11. The van der Waals surface area contributed by atoms with Gasteiger partial charge in [-0.05, 0) is 23.8 Å². The van der Waals surface area contributed by atoms with Gasteiger partial charge in [0, 0.05) is 12.2 Å². The largest absolute Gasteiger partial charge is 0.398 e. The van der Waals surface area contributed by atoms with Crippen molar-refractivity contribution in [1.29, 1.82) is 0 Å². The van der Waals surface area contributed by atoms with Crippen molar-refractivity contribution in [2.24, 2.45) is 5.73 Å². The van der Waals surface area contributed by atoms with E-state index in [1.807, 2.05) is 0 Å². The van der Waals surface area contributed by atoms with Crippen LogP contribution in [0.1, 0.15) is 5.56 Å². The number of hydrogen-bond donors (Lipinski definition) is 2. The van der Waals surface area contributed by atoms with Gasteiger partial charge in [0.25, 0.3) is 0 Å².